The molecule has 0 bridgehead atoms. The van der Waals surface area contributed by atoms with Gasteiger partial charge in [-0.05, 0) is 18.2 Å². The molecule has 2 fully saturated rings. The Bertz CT molecular complexity index is 1540. The first-order valence-corrected chi connectivity index (χ1v) is 13.0. The van der Waals surface area contributed by atoms with E-state index < -0.39 is 57.6 Å². The van der Waals surface area contributed by atoms with Gasteiger partial charge in [-0.15, -0.1) is 5.10 Å². The van der Waals surface area contributed by atoms with Crippen LogP contribution < -0.4 is 15.1 Å². The maximum Gasteiger partial charge on any atom is 0.414 e. The van der Waals surface area contributed by atoms with E-state index >= 15 is 4.39 Å². The van der Waals surface area contributed by atoms with Gasteiger partial charge in [0, 0.05) is 44.5 Å². The molecular weight excluding hydrogens is 573 g/mol. The highest BCUT2D eigenvalue weighted by Gasteiger charge is 2.33. The third-order valence-electron chi connectivity index (χ3n) is 6.94. The van der Waals surface area contributed by atoms with E-state index in [2.05, 4.69) is 15.6 Å². The van der Waals surface area contributed by atoms with Crippen LogP contribution in [0.3, 0.4) is 0 Å². The topological polar surface area (TPSA) is 199 Å². The molecule has 3 aromatic rings. The summed E-state index contributed by atoms with van der Waals surface area (Å²) < 4.78 is 22.0. The number of halogens is 1. The molecule has 18 heteroatoms. The summed E-state index contributed by atoms with van der Waals surface area (Å²) in [5.41, 5.74) is -0.955. The molecule has 224 valence electrons. The van der Waals surface area contributed by atoms with Crippen LogP contribution in [0.5, 0.6) is 0 Å². The predicted octanol–water partition coefficient (Wildman–Crippen LogP) is 1.34. The van der Waals surface area contributed by atoms with Crippen molar-refractivity contribution in [3.05, 3.63) is 80.4 Å². The number of non-ortho nitro benzene ring substituents is 2. The minimum Gasteiger partial charge on any atom is -0.442 e. The minimum atomic E-state index is -0.882. The summed E-state index contributed by atoms with van der Waals surface area (Å²) >= 11 is 0. The van der Waals surface area contributed by atoms with Gasteiger partial charge in [-0.3, -0.25) is 34.7 Å². The minimum absolute atomic E-state index is 0.215. The second-order valence-electron chi connectivity index (χ2n) is 9.68. The molecule has 2 aromatic carbocycles. The van der Waals surface area contributed by atoms with Gasteiger partial charge in [-0.25, -0.2) is 13.9 Å². The van der Waals surface area contributed by atoms with Crippen molar-refractivity contribution in [2.45, 2.75) is 12.6 Å². The highest BCUT2D eigenvalue weighted by atomic mass is 19.1. The molecule has 1 unspecified atom stereocenters. The number of amides is 3. The van der Waals surface area contributed by atoms with Crippen molar-refractivity contribution >= 4 is 40.7 Å². The molecule has 0 radical (unpaired) electrons. The molecule has 0 saturated carbocycles. The van der Waals surface area contributed by atoms with E-state index in [1.807, 2.05) is 0 Å². The number of nitro benzene ring substituents is 2. The maximum atomic E-state index is 15.1. The number of nitrogens with zero attached hydrogens (tertiary/aromatic N) is 8. The summed E-state index contributed by atoms with van der Waals surface area (Å²) in [7, 11) is 0. The van der Waals surface area contributed by atoms with Gasteiger partial charge < -0.3 is 19.9 Å². The Morgan fingerprint density at radius 1 is 1.05 bits per heavy atom. The van der Waals surface area contributed by atoms with Gasteiger partial charge >= 0.3 is 6.09 Å². The number of aromatic nitrogens is 3. The van der Waals surface area contributed by atoms with Crippen LogP contribution in [0.1, 0.15) is 10.4 Å². The molecule has 0 spiro atoms. The van der Waals surface area contributed by atoms with Crippen molar-refractivity contribution in [2.75, 3.05) is 49.1 Å². The van der Waals surface area contributed by atoms with E-state index in [0.717, 1.165) is 18.2 Å². The number of hydrogen-bond donors (Lipinski definition) is 1. The Hall–Kier alpha value is -5.68. The first-order chi connectivity index (χ1) is 20.6. The average molecular weight is 598 g/mol. The molecule has 17 nitrogen and oxygen atoms in total. The van der Waals surface area contributed by atoms with Crippen LogP contribution in [0.4, 0.5) is 31.9 Å². The van der Waals surface area contributed by atoms with Crippen LogP contribution in [0.25, 0.3) is 0 Å². The lowest BCUT2D eigenvalue weighted by Gasteiger charge is -2.36. The zero-order valence-electron chi connectivity index (χ0n) is 22.4. The van der Waals surface area contributed by atoms with Gasteiger partial charge in [0.25, 0.3) is 17.3 Å². The number of benzene rings is 2. The maximum absolute atomic E-state index is 15.1. The molecule has 1 aromatic heterocycles. The fourth-order valence-corrected chi connectivity index (χ4v) is 4.79. The summed E-state index contributed by atoms with van der Waals surface area (Å²) in [4.78, 5) is 62.5. The number of hydrogen-bond acceptors (Lipinski definition) is 11. The molecule has 3 heterocycles. The van der Waals surface area contributed by atoms with E-state index in [1.165, 1.54) is 26.7 Å². The monoisotopic (exact) mass is 597 g/mol. The van der Waals surface area contributed by atoms with Crippen LogP contribution in [0.2, 0.25) is 0 Å². The summed E-state index contributed by atoms with van der Waals surface area (Å²) in [6.07, 6.45) is 2.08. The second kappa shape index (κ2) is 12.0. The van der Waals surface area contributed by atoms with Gasteiger partial charge in [-0.2, -0.15) is 0 Å². The van der Waals surface area contributed by atoms with Gasteiger partial charge in [-0.1, -0.05) is 5.21 Å². The number of piperazine rings is 1. The van der Waals surface area contributed by atoms with Crippen molar-refractivity contribution in [1.29, 1.82) is 0 Å². The number of anilines is 2. The first kappa shape index (κ1) is 28.8. The number of ether oxygens (including phenoxy) is 1. The molecule has 3 amide bonds. The van der Waals surface area contributed by atoms with Crippen molar-refractivity contribution < 1.29 is 33.4 Å². The van der Waals surface area contributed by atoms with Crippen LogP contribution >= 0.6 is 0 Å². The number of cyclic esters (lactones) is 1. The van der Waals surface area contributed by atoms with E-state index in [-0.39, 0.29) is 25.2 Å². The van der Waals surface area contributed by atoms with E-state index in [0.29, 0.717) is 31.0 Å². The van der Waals surface area contributed by atoms with Crippen LogP contribution in [0.15, 0.2) is 48.8 Å². The van der Waals surface area contributed by atoms with E-state index in [4.69, 9.17) is 4.74 Å². The van der Waals surface area contributed by atoms with Crippen LogP contribution in [-0.2, 0) is 16.1 Å². The number of rotatable bonds is 9. The third kappa shape index (κ3) is 6.47. The zero-order valence-corrected chi connectivity index (χ0v) is 22.4. The molecule has 2 aliphatic rings. The van der Waals surface area contributed by atoms with Gasteiger partial charge in [0.15, 0.2) is 0 Å². The molecule has 2 saturated heterocycles. The Labute approximate surface area is 241 Å². The smallest absolute Gasteiger partial charge is 0.414 e. The summed E-state index contributed by atoms with van der Waals surface area (Å²) in [6, 6.07) is 6.92. The Balaban J connectivity index is 1.14. The molecule has 1 N–H and O–H groups in total. The summed E-state index contributed by atoms with van der Waals surface area (Å²) in [6.45, 7) is 1.11. The highest BCUT2D eigenvalue weighted by molar-refractivity contribution is 5.97. The number of nitrogens with one attached hydrogen (secondary N) is 1. The van der Waals surface area contributed by atoms with E-state index in [1.54, 1.807) is 23.2 Å². The quantitative estimate of drug-likeness (QED) is 0.276. The first-order valence-electron chi connectivity index (χ1n) is 13.0. The van der Waals surface area contributed by atoms with E-state index in [9.17, 15) is 34.6 Å². The predicted molar refractivity (Wildman–Crippen MR) is 145 cm³/mol. The standard InChI is InChI=1S/C25H24FN9O8/c26-21-12-17(33-15-20(43-25(33)38)14-32-4-3-28-29-32)1-2-22(21)30-5-7-31(8-6-30)23(36)13-27-24(37)16-9-18(34(39)40)11-19(10-16)35(41)42/h1-4,9-12,20H,5-8,13-15H2,(H,27,37). The summed E-state index contributed by atoms with van der Waals surface area (Å²) in [5, 5.41) is 32.0. The van der Waals surface area contributed by atoms with Crippen LogP contribution in [0, 0.1) is 26.0 Å². The molecule has 5 rings (SSSR count). The summed E-state index contributed by atoms with van der Waals surface area (Å²) in [5.74, 6) is -1.88. The van der Waals surface area contributed by atoms with Crippen molar-refractivity contribution in [2.24, 2.45) is 0 Å². The number of nitro groups is 2. The van der Waals surface area contributed by atoms with Crippen molar-refractivity contribution in [1.82, 2.24) is 25.2 Å². The Morgan fingerprint density at radius 3 is 2.35 bits per heavy atom. The molecule has 0 aliphatic carbocycles. The molecule has 43 heavy (non-hydrogen) atoms. The molecular formula is C25H24FN9O8. The van der Waals surface area contributed by atoms with Crippen LogP contribution in [-0.4, -0.2) is 93.0 Å². The van der Waals surface area contributed by atoms with Crippen molar-refractivity contribution in [3.8, 4) is 0 Å². The van der Waals surface area contributed by atoms with Gasteiger partial charge in [0.05, 0.1) is 58.7 Å². The average Bonchev–Trinajstić information content (AvgIpc) is 3.64. The fourth-order valence-electron chi connectivity index (χ4n) is 4.79. The van der Waals surface area contributed by atoms with Crippen molar-refractivity contribution in [3.63, 3.8) is 0 Å². The SMILES string of the molecule is O=C(NCC(=O)N1CCN(c2ccc(N3CC(Cn4ccnn4)OC3=O)cc2F)CC1)c1cc([N+](=O)[O-])cc([N+](=O)[O-])c1. The lowest BCUT2D eigenvalue weighted by molar-refractivity contribution is -0.394. The highest BCUT2D eigenvalue weighted by Crippen LogP contribution is 2.29. The molecule has 2 aliphatic heterocycles. The lowest BCUT2D eigenvalue weighted by atomic mass is 10.1. The molecule has 1 atom stereocenters. The lowest BCUT2D eigenvalue weighted by Crippen LogP contribution is -2.51. The third-order valence-corrected chi connectivity index (χ3v) is 6.94. The zero-order chi connectivity index (χ0) is 30.7. The number of carbonyl (C=O) groups excluding carboxylic acids is 3. The van der Waals surface area contributed by atoms with Gasteiger partial charge in [0.1, 0.15) is 11.9 Å². The normalized spacial score (nSPS) is 16.6. The van der Waals surface area contributed by atoms with Gasteiger partial charge in [0.2, 0.25) is 5.91 Å². The number of carbonyl (C=O) groups is 3. The Morgan fingerprint density at radius 2 is 1.74 bits per heavy atom. The largest absolute Gasteiger partial charge is 0.442 e. The fraction of sp³-hybridized carbons (Fsp3) is 0.320. The second-order valence-corrected chi connectivity index (χ2v) is 9.68. The Kier molecular flexibility index (Phi) is 8.08.